The van der Waals surface area contributed by atoms with Crippen molar-refractivity contribution in [1.29, 1.82) is 0 Å². The van der Waals surface area contributed by atoms with Crippen LogP contribution in [0.15, 0.2) is 55.0 Å². The van der Waals surface area contributed by atoms with Gasteiger partial charge in [-0.25, -0.2) is 15.0 Å². The predicted molar refractivity (Wildman–Crippen MR) is 152 cm³/mol. The molecule has 0 saturated carbocycles. The minimum absolute atomic E-state index is 0.00171. The summed E-state index contributed by atoms with van der Waals surface area (Å²) in [6.07, 6.45) is 3.01. The molecule has 206 valence electrons. The van der Waals surface area contributed by atoms with E-state index in [-0.39, 0.29) is 17.5 Å². The van der Waals surface area contributed by atoms with Crippen LogP contribution in [0.5, 0.6) is 17.2 Å². The fourth-order valence-corrected chi connectivity index (χ4v) is 4.45. The number of hydrogen-bond acceptors (Lipinski definition) is 11. The molecule has 1 aliphatic rings. The third-order valence-electron chi connectivity index (χ3n) is 6.35. The Morgan fingerprint density at radius 2 is 1.85 bits per heavy atom. The fourth-order valence-electron chi connectivity index (χ4n) is 4.13. The molecule has 0 amide bonds. The number of anilines is 4. The summed E-state index contributed by atoms with van der Waals surface area (Å²) in [6.45, 7) is 3.29. The summed E-state index contributed by atoms with van der Waals surface area (Å²) in [4.78, 5) is 24.5. The highest BCUT2D eigenvalue weighted by Gasteiger charge is 2.22. The lowest BCUT2D eigenvalue weighted by Crippen LogP contribution is -2.50. The summed E-state index contributed by atoms with van der Waals surface area (Å²) in [6, 6.07) is 11.7. The van der Waals surface area contributed by atoms with Gasteiger partial charge >= 0.3 is 0 Å². The topological polar surface area (TPSA) is 146 Å². The van der Waals surface area contributed by atoms with E-state index in [1.54, 1.807) is 43.6 Å². The normalized spacial score (nSPS) is 12.8. The fraction of sp³-hybridized carbons (Fsp3) is 0.222. The number of nitro groups is 1. The van der Waals surface area contributed by atoms with Crippen LogP contribution < -0.4 is 30.2 Å². The number of benzene rings is 2. The predicted octanol–water partition coefficient (Wildman–Crippen LogP) is 5.26. The van der Waals surface area contributed by atoms with Gasteiger partial charge in [-0.1, -0.05) is 11.6 Å². The zero-order valence-electron chi connectivity index (χ0n) is 21.9. The molecule has 0 spiro atoms. The van der Waals surface area contributed by atoms with E-state index in [4.69, 9.17) is 25.8 Å². The van der Waals surface area contributed by atoms with Crippen molar-refractivity contribution in [3.63, 3.8) is 0 Å². The number of aromatic nitrogens is 3. The van der Waals surface area contributed by atoms with Crippen LogP contribution in [0.4, 0.5) is 28.7 Å². The Morgan fingerprint density at radius 1 is 1.05 bits per heavy atom. The maximum absolute atomic E-state index is 11.8. The van der Waals surface area contributed by atoms with Crippen molar-refractivity contribution in [2.45, 2.75) is 13.0 Å². The summed E-state index contributed by atoms with van der Waals surface area (Å²) in [7, 11) is 3.09. The molecule has 2 aromatic carbocycles. The molecule has 12 nitrogen and oxygen atoms in total. The summed E-state index contributed by atoms with van der Waals surface area (Å²) in [5, 5.41) is 21.6. The van der Waals surface area contributed by atoms with Crippen LogP contribution >= 0.6 is 11.6 Å². The molecule has 13 heteroatoms. The SMILES string of the molecule is COc1cc(OC)c(Cl)c(Nc2ncccc2-c2cc(Nc3ccc(OC4CNC4)cc3[N+](=O)[O-])ncn2)c1C. The number of hydrogen-bond donors (Lipinski definition) is 3. The molecule has 3 heterocycles. The first-order chi connectivity index (χ1) is 19.4. The summed E-state index contributed by atoms with van der Waals surface area (Å²) in [5.74, 6) is 2.31. The molecule has 0 aliphatic carbocycles. The highest BCUT2D eigenvalue weighted by molar-refractivity contribution is 6.35. The smallest absolute Gasteiger partial charge is 0.296 e. The van der Waals surface area contributed by atoms with E-state index >= 15 is 0 Å². The van der Waals surface area contributed by atoms with Gasteiger partial charge in [0.05, 0.1) is 36.6 Å². The van der Waals surface area contributed by atoms with Crippen LogP contribution in [-0.4, -0.2) is 53.3 Å². The maximum atomic E-state index is 11.8. The second-order valence-electron chi connectivity index (χ2n) is 8.87. The summed E-state index contributed by atoms with van der Waals surface area (Å²) >= 11 is 6.62. The highest BCUT2D eigenvalue weighted by atomic mass is 35.5. The largest absolute Gasteiger partial charge is 0.496 e. The van der Waals surface area contributed by atoms with E-state index < -0.39 is 4.92 Å². The number of nitro benzene ring substituents is 1. The van der Waals surface area contributed by atoms with Crippen LogP contribution in [0, 0.1) is 17.0 Å². The number of rotatable bonds is 10. The van der Waals surface area contributed by atoms with Gasteiger partial charge in [-0.05, 0) is 31.2 Å². The molecule has 40 heavy (non-hydrogen) atoms. The Hall–Kier alpha value is -4.68. The molecule has 0 bridgehead atoms. The van der Waals surface area contributed by atoms with Crippen molar-refractivity contribution < 1.29 is 19.1 Å². The summed E-state index contributed by atoms with van der Waals surface area (Å²) in [5.41, 5.74) is 2.65. The lowest BCUT2D eigenvalue weighted by Gasteiger charge is -2.27. The van der Waals surface area contributed by atoms with E-state index in [1.165, 1.54) is 19.5 Å². The van der Waals surface area contributed by atoms with Crippen LogP contribution in [0.25, 0.3) is 11.3 Å². The van der Waals surface area contributed by atoms with Crippen LogP contribution in [0.3, 0.4) is 0 Å². The Labute approximate surface area is 234 Å². The lowest BCUT2D eigenvalue weighted by atomic mass is 10.1. The van der Waals surface area contributed by atoms with Gasteiger partial charge in [-0.3, -0.25) is 10.1 Å². The molecular weight excluding hydrogens is 538 g/mol. The molecule has 1 fully saturated rings. The molecule has 4 aromatic rings. The van der Waals surface area contributed by atoms with Crippen LogP contribution in [0.2, 0.25) is 5.02 Å². The van der Waals surface area contributed by atoms with Crippen LogP contribution in [0.1, 0.15) is 5.56 Å². The average molecular weight is 564 g/mol. The van der Waals surface area contributed by atoms with Gasteiger partial charge in [0.2, 0.25) is 0 Å². The number of nitrogens with one attached hydrogen (secondary N) is 3. The second kappa shape index (κ2) is 11.6. The Bertz CT molecular complexity index is 1540. The van der Waals surface area contributed by atoms with E-state index in [2.05, 4.69) is 30.9 Å². The zero-order valence-corrected chi connectivity index (χ0v) is 22.7. The molecule has 1 saturated heterocycles. The maximum Gasteiger partial charge on any atom is 0.296 e. The highest BCUT2D eigenvalue weighted by Crippen LogP contribution is 2.42. The van der Waals surface area contributed by atoms with Gasteiger partial charge in [-0.15, -0.1) is 0 Å². The first-order valence-electron chi connectivity index (χ1n) is 12.3. The van der Waals surface area contributed by atoms with Gasteiger partial charge < -0.3 is 30.2 Å². The second-order valence-corrected chi connectivity index (χ2v) is 9.25. The van der Waals surface area contributed by atoms with Crippen molar-refractivity contribution in [2.75, 3.05) is 37.9 Å². The Balaban J connectivity index is 1.45. The minimum Gasteiger partial charge on any atom is -0.496 e. The van der Waals surface area contributed by atoms with E-state index in [9.17, 15) is 10.1 Å². The summed E-state index contributed by atoms with van der Waals surface area (Å²) < 4.78 is 16.7. The van der Waals surface area contributed by atoms with Crippen molar-refractivity contribution >= 4 is 40.3 Å². The number of halogens is 1. The third kappa shape index (κ3) is 5.53. The lowest BCUT2D eigenvalue weighted by molar-refractivity contribution is -0.384. The quantitative estimate of drug-likeness (QED) is 0.171. The van der Waals surface area contributed by atoms with Gasteiger partial charge in [0, 0.05) is 42.5 Å². The van der Waals surface area contributed by atoms with Crippen molar-refractivity contribution in [3.05, 3.63) is 75.7 Å². The zero-order chi connectivity index (χ0) is 28.2. The van der Waals surface area contributed by atoms with Crippen molar-refractivity contribution in [2.24, 2.45) is 0 Å². The van der Waals surface area contributed by atoms with E-state index in [0.717, 1.165) is 5.56 Å². The van der Waals surface area contributed by atoms with Crippen molar-refractivity contribution in [3.8, 4) is 28.5 Å². The van der Waals surface area contributed by atoms with Crippen molar-refractivity contribution in [1.82, 2.24) is 20.3 Å². The first-order valence-corrected chi connectivity index (χ1v) is 12.6. The van der Waals surface area contributed by atoms with Gasteiger partial charge in [-0.2, -0.15) is 0 Å². The molecule has 0 unspecified atom stereocenters. The molecule has 2 aromatic heterocycles. The average Bonchev–Trinajstić information content (AvgIpc) is 2.94. The third-order valence-corrected chi connectivity index (χ3v) is 6.73. The Kier molecular flexibility index (Phi) is 7.80. The molecule has 0 radical (unpaired) electrons. The van der Waals surface area contributed by atoms with E-state index in [0.29, 0.717) is 63.9 Å². The molecule has 3 N–H and O–H groups in total. The number of methoxy groups -OCH3 is 2. The molecule has 1 aliphatic heterocycles. The van der Waals surface area contributed by atoms with Gasteiger partial charge in [0.15, 0.2) is 0 Å². The number of nitrogens with zero attached hydrogens (tertiary/aromatic N) is 4. The molecule has 0 atom stereocenters. The standard InChI is InChI=1S/C27H26ClN7O5/c1-15-22(38-2)11-23(39-3)25(28)26(15)34-27-18(5-4-8-30-27)20-10-24(32-14-31-20)33-19-7-6-16(9-21(19)35(36)37)40-17-12-29-13-17/h4-11,14,17,29H,12-13H2,1-3H3,(H,30,34)(H,31,32,33). The van der Waals surface area contributed by atoms with E-state index in [1.807, 2.05) is 13.0 Å². The number of ether oxygens (including phenoxy) is 3. The first kappa shape index (κ1) is 26.9. The van der Waals surface area contributed by atoms with Crippen LogP contribution in [-0.2, 0) is 0 Å². The number of pyridine rings is 1. The van der Waals surface area contributed by atoms with Gasteiger partial charge in [0.25, 0.3) is 5.69 Å². The monoisotopic (exact) mass is 563 g/mol. The van der Waals surface area contributed by atoms with Gasteiger partial charge in [0.1, 0.15) is 52.0 Å². The minimum atomic E-state index is -0.464. The molecule has 5 rings (SSSR count). The Morgan fingerprint density at radius 3 is 2.55 bits per heavy atom. The molecular formula is C27H26ClN7O5.